The molecule has 5 heteroatoms. The van der Waals surface area contributed by atoms with E-state index in [0.29, 0.717) is 17.1 Å². The van der Waals surface area contributed by atoms with Crippen molar-refractivity contribution in [1.29, 1.82) is 0 Å². The number of benzene rings is 3. The van der Waals surface area contributed by atoms with Crippen molar-refractivity contribution in [2.75, 3.05) is 10.6 Å². The molecular weight excluding hydrogens is 364 g/mol. The first-order valence-corrected chi connectivity index (χ1v) is 9.49. The van der Waals surface area contributed by atoms with Gasteiger partial charge in [-0.1, -0.05) is 60.7 Å². The molecule has 2 amide bonds. The average Bonchev–Trinajstić information content (AvgIpc) is 2.71. The van der Waals surface area contributed by atoms with Crippen LogP contribution in [0.25, 0.3) is 0 Å². The molecule has 0 saturated heterocycles. The minimum Gasteiger partial charge on any atom is -0.476 e. The van der Waals surface area contributed by atoms with Crippen molar-refractivity contribution in [3.8, 4) is 5.75 Å². The molecule has 4 rings (SSSR count). The molecule has 0 spiro atoms. The molecule has 1 heterocycles. The van der Waals surface area contributed by atoms with E-state index in [9.17, 15) is 9.59 Å². The van der Waals surface area contributed by atoms with Gasteiger partial charge in [0, 0.05) is 5.69 Å². The molecule has 2 N–H and O–H groups in total. The van der Waals surface area contributed by atoms with Crippen LogP contribution in [0.4, 0.5) is 11.4 Å². The maximum Gasteiger partial charge on any atom is 0.268 e. The van der Waals surface area contributed by atoms with Crippen molar-refractivity contribution in [2.45, 2.75) is 25.4 Å². The molecule has 0 bridgehead atoms. The van der Waals surface area contributed by atoms with Crippen LogP contribution in [0.3, 0.4) is 0 Å². The molecule has 3 aromatic rings. The van der Waals surface area contributed by atoms with Gasteiger partial charge in [-0.15, -0.1) is 0 Å². The monoisotopic (exact) mass is 386 g/mol. The fourth-order valence-electron chi connectivity index (χ4n) is 3.39. The SMILES string of the molecule is CC1(C)Oc2ccc(NC(=O)C(c3ccccc3)c3ccccc3)cc2NC1=O. The Labute approximate surface area is 169 Å². The summed E-state index contributed by atoms with van der Waals surface area (Å²) < 4.78 is 5.75. The van der Waals surface area contributed by atoms with Gasteiger partial charge >= 0.3 is 0 Å². The Morgan fingerprint density at radius 1 is 0.931 bits per heavy atom. The van der Waals surface area contributed by atoms with Crippen LogP contribution in [0.2, 0.25) is 0 Å². The van der Waals surface area contributed by atoms with Gasteiger partial charge in [-0.3, -0.25) is 9.59 Å². The van der Waals surface area contributed by atoms with Crippen molar-refractivity contribution in [1.82, 2.24) is 0 Å². The zero-order valence-electron chi connectivity index (χ0n) is 16.3. The summed E-state index contributed by atoms with van der Waals surface area (Å²) in [7, 11) is 0. The highest BCUT2D eigenvalue weighted by Gasteiger charge is 2.35. The first-order valence-electron chi connectivity index (χ1n) is 9.49. The number of nitrogens with one attached hydrogen (secondary N) is 2. The fourth-order valence-corrected chi connectivity index (χ4v) is 3.39. The van der Waals surface area contributed by atoms with Crippen LogP contribution in [0.1, 0.15) is 30.9 Å². The highest BCUT2D eigenvalue weighted by atomic mass is 16.5. The van der Waals surface area contributed by atoms with Crippen LogP contribution >= 0.6 is 0 Å². The molecule has 1 aliphatic heterocycles. The quantitative estimate of drug-likeness (QED) is 0.690. The van der Waals surface area contributed by atoms with Gasteiger partial charge in [-0.05, 0) is 43.2 Å². The average molecular weight is 386 g/mol. The van der Waals surface area contributed by atoms with Gasteiger partial charge in [-0.25, -0.2) is 0 Å². The number of hydrogen-bond acceptors (Lipinski definition) is 3. The Kier molecular flexibility index (Phi) is 4.80. The summed E-state index contributed by atoms with van der Waals surface area (Å²) in [4.78, 5) is 25.4. The molecule has 1 aliphatic rings. The number of hydrogen-bond donors (Lipinski definition) is 2. The van der Waals surface area contributed by atoms with E-state index in [0.717, 1.165) is 11.1 Å². The van der Waals surface area contributed by atoms with Gasteiger partial charge in [-0.2, -0.15) is 0 Å². The van der Waals surface area contributed by atoms with E-state index < -0.39 is 11.5 Å². The van der Waals surface area contributed by atoms with Crippen LogP contribution in [0.15, 0.2) is 78.9 Å². The standard InChI is InChI=1S/C24H22N2O3/c1-24(2)23(28)26-19-15-18(13-14-20(19)29-24)25-22(27)21(16-9-5-3-6-10-16)17-11-7-4-8-12-17/h3-15,21H,1-2H3,(H,25,27)(H,26,28). The van der Waals surface area contributed by atoms with E-state index in [2.05, 4.69) is 10.6 Å². The lowest BCUT2D eigenvalue weighted by atomic mass is 9.90. The predicted octanol–water partition coefficient (Wildman–Crippen LogP) is 4.57. The maximum absolute atomic E-state index is 13.2. The molecule has 0 aromatic heterocycles. The van der Waals surface area contributed by atoms with Gasteiger partial charge in [0.25, 0.3) is 5.91 Å². The zero-order chi connectivity index (χ0) is 20.4. The van der Waals surface area contributed by atoms with E-state index in [1.54, 1.807) is 32.0 Å². The molecule has 29 heavy (non-hydrogen) atoms. The lowest BCUT2D eigenvalue weighted by Crippen LogP contribution is -2.45. The second-order valence-corrected chi connectivity index (χ2v) is 7.52. The van der Waals surface area contributed by atoms with Crippen LogP contribution in [0, 0.1) is 0 Å². The van der Waals surface area contributed by atoms with Crippen LogP contribution < -0.4 is 15.4 Å². The Morgan fingerprint density at radius 3 is 2.10 bits per heavy atom. The smallest absolute Gasteiger partial charge is 0.268 e. The number of anilines is 2. The van der Waals surface area contributed by atoms with Crippen molar-refractivity contribution >= 4 is 23.2 Å². The molecular formula is C24H22N2O3. The predicted molar refractivity (Wildman–Crippen MR) is 113 cm³/mol. The summed E-state index contributed by atoms with van der Waals surface area (Å²) in [5, 5.41) is 5.82. The van der Waals surface area contributed by atoms with E-state index in [-0.39, 0.29) is 11.8 Å². The van der Waals surface area contributed by atoms with E-state index in [1.165, 1.54) is 0 Å². The van der Waals surface area contributed by atoms with Crippen molar-refractivity contribution in [3.05, 3.63) is 90.0 Å². The van der Waals surface area contributed by atoms with Crippen molar-refractivity contribution in [3.63, 3.8) is 0 Å². The molecule has 0 saturated carbocycles. The van der Waals surface area contributed by atoms with Gasteiger partial charge in [0.15, 0.2) is 5.60 Å². The second kappa shape index (κ2) is 7.43. The lowest BCUT2D eigenvalue weighted by Gasteiger charge is -2.31. The third-order valence-electron chi connectivity index (χ3n) is 4.94. The maximum atomic E-state index is 13.2. The normalized spacial score (nSPS) is 14.5. The van der Waals surface area contributed by atoms with Crippen LogP contribution in [-0.2, 0) is 9.59 Å². The molecule has 0 radical (unpaired) electrons. The highest BCUT2D eigenvalue weighted by Crippen LogP contribution is 2.36. The second-order valence-electron chi connectivity index (χ2n) is 7.52. The molecule has 0 atom stereocenters. The largest absolute Gasteiger partial charge is 0.476 e. The molecule has 0 unspecified atom stereocenters. The molecule has 0 aliphatic carbocycles. The van der Waals surface area contributed by atoms with E-state index >= 15 is 0 Å². The van der Waals surface area contributed by atoms with E-state index in [1.807, 2.05) is 60.7 Å². The minimum absolute atomic E-state index is 0.147. The summed E-state index contributed by atoms with van der Waals surface area (Å²) in [6, 6.07) is 24.6. The van der Waals surface area contributed by atoms with Crippen molar-refractivity contribution < 1.29 is 14.3 Å². The minimum atomic E-state index is -0.927. The summed E-state index contributed by atoms with van der Waals surface area (Å²) >= 11 is 0. The third kappa shape index (κ3) is 3.85. The molecule has 0 fully saturated rings. The number of carbonyl (C=O) groups is 2. The topological polar surface area (TPSA) is 67.4 Å². The van der Waals surface area contributed by atoms with Crippen molar-refractivity contribution in [2.24, 2.45) is 0 Å². The number of ether oxygens (including phenoxy) is 1. The zero-order valence-corrected chi connectivity index (χ0v) is 16.3. The number of carbonyl (C=O) groups excluding carboxylic acids is 2. The first kappa shape index (κ1) is 18.7. The van der Waals surface area contributed by atoms with Crippen LogP contribution in [-0.4, -0.2) is 17.4 Å². The number of amides is 2. The summed E-state index contributed by atoms with van der Waals surface area (Å²) in [5.41, 5.74) is 2.03. The van der Waals surface area contributed by atoms with Crippen LogP contribution in [0.5, 0.6) is 5.75 Å². The molecule has 3 aromatic carbocycles. The Morgan fingerprint density at radius 2 is 1.52 bits per heavy atom. The van der Waals surface area contributed by atoms with Gasteiger partial charge in [0.2, 0.25) is 5.91 Å². The Bertz CT molecular complexity index is 1010. The molecule has 5 nitrogen and oxygen atoms in total. The van der Waals surface area contributed by atoms with Gasteiger partial charge < -0.3 is 15.4 Å². The van der Waals surface area contributed by atoms with Gasteiger partial charge in [0.05, 0.1) is 11.6 Å². The highest BCUT2D eigenvalue weighted by molar-refractivity contribution is 6.02. The number of fused-ring (bicyclic) bond motifs is 1. The first-order chi connectivity index (χ1) is 13.9. The fraction of sp³-hybridized carbons (Fsp3) is 0.167. The number of rotatable bonds is 4. The Balaban J connectivity index is 1.62. The van der Waals surface area contributed by atoms with E-state index in [4.69, 9.17) is 4.74 Å². The third-order valence-corrected chi connectivity index (χ3v) is 4.94. The molecule has 146 valence electrons. The van der Waals surface area contributed by atoms with Gasteiger partial charge in [0.1, 0.15) is 5.75 Å². The summed E-state index contributed by atoms with van der Waals surface area (Å²) in [5.74, 6) is -0.237. The summed E-state index contributed by atoms with van der Waals surface area (Å²) in [6.07, 6.45) is 0. The summed E-state index contributed by atoms with van der Waals surface area (Å²) in [6.45, 7) is 3.43. The Hall–Kier alpha value is -3.60. The lowest BCUT2D eigenvalue weighted by molar-refractivity contribution is -0.129.